The van der Waals surface area contributed by atoms with Crippen molar-refractivity contribution in [2.24, 2.45) is 0 Å². The highest BCUT2D eigenvalue weighted by atomic mass is 32.1. The number of nitro benzene ring substituents is 1. The molecule has 0 aliphatic heterocycles. The van der Waals surface area contributed by atoms with Gasteiger partial charge in [-0.15, -0.1) is 11.3 Å². The van der Waals surface area contributed by atoms with Crippen molar-refractivity contribution in [2.45, 2.75) is 13.8 Å². The Bertz CT molecular complexity index is 1050. The second-order valence-corrected chi connectivity index (χ2v) is 7.33. The molecule has 2 aromatic carbocycles. The standard InChI is InChI=1S/C20H20N4O4S/c1-4-21-16-10-7-14(11-17(16)24(26)27)19(25)23-20-22-18(12(2)29-20)13-5-8-15(28-3)9-6-13/h5-11,21H,4H2,1-3H3,(H,22,23,25). The number of methoxy groups -OCH3 is 1. The van der Waals surface area contributed by atoms with E-state index in [1.807, 2.05) is 38.1 Å². The molecule has 0 atom stereocenters. The number of nitrogens with one attached hydrogen (secondary N) is 2. The number of thiazole rings is 1. The monoisotopic (exact) mass is 412 g/mol. The predicted molar refractivity (Wildman–Crippen MR) is 114 cm³/mol. The summed E-state index contributed by atoms with van der Waals surface area (Å²) in [5.74, 6) is 0.295. The molecule has 0 fully saturated rings. The van der Waals surface area contributed by atoms with Crippen LogP contribution in [0.25, 0.3) is 11.3 Å². The van der Waals surface area contributed by atoms with Gasteiger partial charge in [-0.2, -0.15) is 0 Å². The summed E-state index contributed by atoms with van der Waals surface area (Å²) in [6.07, 6.45) is 0. The molecule has 0 bridgehead atoms. The largest absolute Gasteiger partial charge is 0.497 e. The van der Waals surface area contributed by atoms with Crippen molar-refractivity contribution in [3.63, 3.8) is 0 Å². The number of ether oxygens (including phenoxy) is 1. The Kier molecular flexibility index (Phi) is 6.08. The van der Waals surface area contributed by atoms with Gasteiger partial charge in [-0.25, -0.2) is 4.98 Å². The minimum atomic E-state index is -0.510. The summed E-state index contributed by atoms with van der Waals surface area (Å²) in [4.78, 5) is 28.8. The van der Waals surface area contributed by atoms with Gasteiger partial charge in [0.05, 0.1) is 17.7 Å². The molecule has 2 N–H and O–H groups in total. The summed E-state index contributed by atoms with van der Waals surface area (Å²) in [6.45, 7) is 4.30. The van der Waals surface area contributed by atoms with Crippen LogP contribution in [0.15, 0.2) is 42.5 Å². The molecule has 0 unspecified atom stereocenters. The molecule has 9 heteroatoms. The number of aryl methyl sites for hydroxylation is 1. The van der Waals surface area contributed by atoms with E-state index >= 15 is 0 Å². The van der Waals surface area contributed by atoms with Crippen molar-refractivity contribution in [1.29, 1.82) is 0 Å². The van der Waals surface area contributed by atoms with Crippen molar-refractivity contribution < 1.29 is 14.5 Å². The van der Waals surface area contributed by atoms with E-state index < -0.39 is 10.8 Å². The molecule has 29 heavy (non-hydrogen) atoms. The number of aromatic nitrogens is 1. The minimum Gasteiger partial charge on any atom is -0.497 e. The number of nitrogens with zero attached hydrogens (tertiary/aromatic N) is 2. The first kappa shape index (κ1) is 20.3. The molecule has 0 aliphatic carbocycles. The Hall–Kier alpha value is -3.46. The molecule has 0 saturated heterocycles. The van der Waals surface area contributed by atoms with Crippen molar-refractivity contribution in [3.05, 3.63) is 63.0 Å². The zero-order chi connectivity index (χ0) is 21.0. The molecule has 1 aromatic heterocycles. The fourth-order valence-electron chi connectivity index (χ4n) is 2.80. The van der Waals surface area contributed by atoms with Gasteiger partial charge in [0, 0.05) is 28.6 Å². The van der Waals surface area contributed by atoms with Crippen LogP contribution in [0.4, 0.5) is 16.5 Å². The first-order valence-corrected chi connectivity index (χ1v) is 9.70. The Morgan fingerprint density at radius 2 is 1.97 bits per heavy atom. The van der Waals surface area contributed by atoms with E-state index in [1.54, 1.807) is 13.2 Å². The summed E-state index contributed by atoms with van der Waals surface area (Å²) in [7, 11) is 1.60. The predicted octanol–water partition coefficient (Wildman–Crippen LogP) is 4.72. The Morgan fingerprint density at radius 3 is 2.59 bits per heavy atom. The number of hydrogen-bond acceptors (Lipinski definition) is 7. The van der Waals surface area contributed by atoms with Crippen LogP contribution in [0.5, 0.6) is 5.75 Å². The summed E-state index contributed by atoms with van der Waals surface area (Å²) >= 11 is 1.34. The fourth-order valence-corrected chi connectivity index (χ4v) is 3.63. The molecular weight excluding hydrogens is 392 g/mol. The average Bonchev–Trinajstić information content (AvgIpc) is 3.08. The molecule has 0 aliphatic rings. The molecule has 1 amide bonds. The van der Waals surface area contributed by atoms with E-state index in [-0.39, 0.29) is 11.3 Å². The van der Waals surface area contributed by atoms with Crippen molar-refractivity contribution in [2.75, 3.05) is 24.3 Å². The topological polar surface area (TPSA) is 106 Å². The maximum absolute atomic E-state index is 12.6. The lowest BCUT2D eigenvalue weighted by Crippen LogP contribution is -2.12. The third kappa shape index (κ3) is 4.52. The lowest BCUT2D eigenvalue weighted by molar-refractivity contribution is -0.384. The summed E-state index contributed by atoms with van der Waals surface area (Å²) in [5.41, 5.74) is 2.10. The normalized spacial score (nSPS) is 10.4. The van der Waals surface area contributed by atoms with Crippen LogP contribution in [0, 0.1) is 17.0 Å². The number of carbonyl (C=O) groups is 1. The Labute approximate surface area is 171 Å². The smallest absolute Gasteiger partial charge is 0.293 e. The molecule has 3 rings (SSSR count). The van der Waals surface area contributed by atoms with Gasteiger partial charge in [0.1, 0.15) is 11.4 Å². The number of rotatable bonds is 7. The second-order valence-electron chi connectivity index (χ2n) is 6.13. The third-order valence-corrected chi connectivity index (χ3v) is 5.09. The molecule has 150 valence electrons. The van der Waals surface area contributed by atoms with Crippen LogP contribution in [0.2, 0.25) is 0 Å². The molecule has 0 spiro atoms. The highest BCUT2D eigenvalue weighted by Gasteiger charge is 2.19. The zero-order valence-electron chi connectivity index (χ0n) is 16.2. The van der Waals surface area contributed by atoms with E-state index in [9.17, 15) is 14.9 Å². The van der Waals surface area contributed by atoms with Crippen LogP contribution in [0.1, 0.15) is 22.2 Å². The van der Waals surface area contributed by atoms with Gasteiger partial charge in [-0.3, -0.25) is 20.2 Å². The zero-order valence-corrected chi connectivity index (χ0v) is 17.0. The van der Waals surface area contributed by atoms with Gasteiger partial charge >= 0.3 is 0 Å². The van der Waals surface area contributed by atoms with Crippen molar-refractivity contribution >= 4 is 33.8 Å². The maximum Gasteiger partial charge on any atom is 0.293 e. The maximum atomic E-state index is 12.6. The van der Waals surface area contributed by atoms with Gasteiger partial charge in [0.15, 0.2) is 5.13 Å². The number of carbonyl (C=O) groups excluding carboxylic acids is 1. The van der Waals surface area contributed by atoms with E-state index in [0.717, 1.165) is 21.9 Å². The quantitative estimate of drug-likeness (QED) is 0.430. The van der Waals surface area contributed by atoms with Crippen LogP contribution in [-0.4, -0.2) is 29.5 Å². The number of amides is 1. The Balaban J connectivity index is 1.82. The Morgan fingerprint density at radius 1 is 1.24 bits per heavy atom. The first-order valence-electron chi connectivity index (χ1n) is 8.88. The van der Waals surface area contributed by atoms with E-state index in [0.29, 0.717) is 17.4 Å². The van der Waals surface area contributed by atoms with Crippen LogP contribution >= 0.6 is 11.3 Å². The number of anilines is 2. The van der Waals surface area contributed by atoms with E-state index in [2.05, 4.69) is 15.6 Å². The van der Waals surface area contributed by atoms with Crippen molar-refractivity contribution in [1.82, 2.24) is 4.98 Å². The second kappa shape index (κ2) is 8.70. The molecule has 3 aromatic rings. The summed E-state index contributed by atoms with van der Waals surface area (Å²) < 4.78 is 5.16. The van der Waals surface area contributed by atoms with Gasteiger partial charge in [0.2, 0.25) is 0 Å². The van der Waals surface area contributed by atoms with Gasteiger partial charge < -0.3 is 10.1 Å². The summed E-state index contributed by atoms with van der Waals surface area (Å²) in [5, 5.41) is 17.4. The number of benzene rings is 2. The van der Waals surface area contributed by atoms with Gasteiger partial charge in [-0.05, 0) is 50.2 Å². The lowest BCUT2D eigenvalue weighted by atomic mass is 10.1. The van der Waals surface area contributed by atoms with Crippen LogP contribution in [-0.2, 0) is 0 Å². The minimum absolute atomic E-state index is 0.145. The molecule has 8 nitrogen and oxygen atoms in total. The van der Waals surface area contributed by atoms with Gasteiger partial charge in [0.25, 0.3) is 11.6 Å². The molecule has 1 heterocycles. The highest BCUT2D eigenvalue weighted by Crippen LogP contribution is 2.32. The molecule has 0 radical (unpaired) electrons. The van der Waals surface area contributed by atoms with Gasteiger partial charge in [-0.1, -0.05) is 0 Å². The fraction of sp³-hybridized carbons (Fsp3) is 0.200. The SMILES string of the molecule is CCNc1ccc(C(=O)Nc2nc(-c3ccc(OC)cc3)c(C)s2)cc1[N+](=O)[O-]. The highest BCUT2D eigenvalue weighted by molar-refractivity contribution is 7.16. The molecular formula is C20H20N4O4S. The third-order valence-electron chi connectivity index (χ3n) is 4.20. The van der Waals surface area contributed by atoms with Crippen molar-refractivity contribution in [3.8, 4) is 17.0 Å². The first-order chi connectivity index (χ1) is 13.9. The molecule has 0 saturated carbocycles. The lowest BCUT2D eigenvalue weighted by Gasteiger charge is -2.07. The van der Waals surface area contributed by atoms with Crippen LogP contribution in [0.3, 0.4) is 0 Å². The van der Waals surface area contributed by atoms with E-state index in [4.69, 9.17) is 4.74 Å². The number of hydrogen-bond donors (Lipinski definition) is 2. The van der Waals surface area contributed by atoms with Crippen LogP contribution < -0.4 is 15.4 Å². The number of nitro groups is 1. The van der Waals surface area contributed by atoms with E-state index in [1.165, 1.54) is 23.5 Å². The summed E-state index contributed by atoms with van der Waals surface area (Å²) in [6, 6.07) is 11.8. The average molecular weight is 412 g/mol.